The van der Waals surface area contributed by atoms with Crippen LogP contribution < -0.4 is 14.1 Å². The van der Waals surface area contributed by atoms with Crippen LogP contribution in [0.3, 0.4) is 0 Å². The SMILES string of the molecule is CC.NSOc1ccc(OCC2CC2)c(Br)c1. The maximum atomic E-state index is 5.65. The first-order chi connectivity index (χ1) is 8.29. The van der Waals surface area contributed by atoms with E-state index in [1.807, 2.05) is 32.0 Å². The molecule has 1 aromatic rings. The Bertz CT molecular complexity index is 345. The zero-order valence-corrected chi connectivity index (χ0v) is 12.5. The third-order valence-corrected chi connectivity index (χ3v) is 3.13. The number of rotatable bonds is 5. The fourth-order valence-electron chi connectivity index (χ4n) is 1.20. The molecule has 0 atom stereocenters. The molecule has 17 heavy (non-hydrogen) atoms. The monoisotopic (exact) mass is 319 g/mol. The smallest absolute Gasteiger partial charge is 0.140 e. The van der Waals surface area contributed by atoms with E-state index in [0.29, 0.717) is 5.75 Å². The minimum Gasteiger partial charge on any atom is -0.492 e. The molecule has 0 amide bonds. The van der Waals surface area contributed by atoms with Gasteiger partial charge in [-0.2, -0.15) is 0 Å². The van der Waals surface area contributed by atoms with E-state index in [4.69, 9.17) is 14.1 Å². The molecule has 1 aliphatic rings. The Balaban J connectivity index is 0.000000686. The molecule has 2 rings (SSSR count). The Labute approximate surface area is 116 Å². The summed E-state index contributed by atoms with van der Waals surface area (Å²) < 4.78 is 11.6. The second-order valence-electron chi connectivity index (χ2n) is 3.53. The van der Waals surface area contributed by atoms with E-state index < -0.39 is 0 Å². The molecule has 1 aliphatic carbocycles. The first kappa shape index (κ1) is 14.7. The van der Waals surface area contributed by atoms with Gasteiger partial charge in [-0.1, -0.05) is 13.8 Å². The number of halogens is 1. The summed E-state index contributed by atoms with van der Waals surface area (Å²) in [6.07, 6.45) is 2.59. The van der Waals surface area contributed by atoms with Gasteiger partial charge in [0.15, 0.2) is 0 Å². The van der Waals surface area contributed by atoms with Crippen LogP contribution in [-0.2, 0) is 0 Å². The molecule has 1 fully saturated rings. The van der Waals surface area contributed by atoms with Crippen LogP contribution in [0.15, 0.2) is 22.7 Å². The van der Waals surface area contributed by atoms with E-state index in [9.17, 15) is 0 Å². The van der Waals surface area contributed by atoms with E-state index in [0.717, 1.165) is 35.0 Å². The Morgan fingerprint density at radius 1 is 1.41 bits per heavy atom. The van der Waals surface area contributed by atoms with Gasteiger partial charge in [0.1, 0.15) is 23.7 Å². The van der Waals surface area contributed by atoms with Crippen LogP contribution in [0.4, 0.5) is 0 Å². The molecule has 96 valence electrons. The molecule has 0 radical (unpaired) electrons. The first-order valence-corrected chi connectivity index (χ1v) is 7.35. The standard InChI is InChI=1S/C10H12BrNO2S.C2H6/c11-9-5-8(14-15-12)3-4-10(9)13-6-7-1-2-7;1-2/h3-5,7H,1-2,6,12H2;1-2H3. The summed E-state index contributed by atoms with van der Waals surface area (Å²) in [5.74, 6) is 2.33. The summed E-state index contributed by atoms with van der Waals surface area (Å²) in [5, 5.41) is 5.20. The summed E-state index contributed by atoms with van der Waals surface area (Å²) in [6, 6.07) is 5.58. The number of hydrogen-bond acceptors (Lipinski definition) is 4. The van der Waals surface area contributed by atoms with Crippen LogP contribution in [0.5, 0.6) is 11.5 Å². The lowest BCUT2D eigenvalue weighted by Crippen LogP contribution is -1.99. The zero-order valence-electron chi connectivity index (χ0n) is 10.1. The van der Waals surface area contributed by atoms with Crippen molar-refractivity contribution in [2.24, 2.45) is 11.1 Å². The highest BCUT2D eigenvalue weighted by molar-refractivity contribution is 9.10. The molecular weight excluding hydrogens is 302 g/mol. The molecule has 5 heteroatoms. The maximum Gasteiger partial charge on any atom is 0.140 e. The van der Waals surface area contributed by atoms with E-state index in [-0.39, 0.29) is 0 Å². The fourth-order valence-corrected chi connectivity index (χ4v) is 1.89. The van der Waals surface area contributed by atoms with Gasteiger partial charge in [-0.25, -0.2) is 5.14 Å². The van der Waals surface area contributed by atoms with Crippen molar-refractivity contribution >= 4 is 28.2 Å². The minimum atomic E-state index is 0.716. The average molecular weight is 320 g/mol. The van der Waals surface area contributed by atoms with Crippen LogP contribution in [0.1, 0.15) is 26.7 Å². The van der Waals surface area contributed by atoms with Crippen molar-refractivity contribution in [1.82, 2.24) is 0 Å². The molecule has 0 aromatic heterocycles. The third-order valence-electron chi connectivity index (χ3n) is 2.22. The second-order valence-corrected chi connectivity index (χ2v) is 4.74. The lowest BCUT2D eigenvalue weighted by atomic mass is 10.3. The summed E-state index contributed by atoms with van der Waals surface area (Å²) in [4.78, 5) is 0. The van der Waals surface area contributed by atoms with Crippen molar-refractivity contribution in [2.45, 2.75) is 26.7 Å². The van der Waals surface area contributed by atoms with Crippen LogP contribution in [0, 0.1) is 5.92 Å². The first-order valence-electron chi connectivity index (χ1n) is 5.75. The van der Waals surface area contributed by atoms with Gasteiger partial charge < -0.3 is 8.92 Å². The number of ether oxygens (including phenoxy) is 1. The second kappa shape index (κ2) is 7.84. The molecule has 0 aliphatic heterocycles. The predicted octanol–water partition coefficient (Wildman–Crippen LogP) is 4.16. The molecule has 2 N–H and O–H groups in total. The zero-order chi connectivity index (χ0) is 12.7. The quantitative estimate of drug-likeness (QED) is 0.653. The van der Waals surface area contributed by atoms with Crippen LogP contribution >= 0.6 is 28.2 Å². The lowest BCUT2D eigenvalue weighted by molar-refractivity contribution is 0.298. The van der Waals surface area contributed by atoms with Gasteiger partial charge in [-0.3, -0.25) is 0 Å². The van der Waals surface area contributed by atoms with Crippen molar-refractivity contribution < 1.29 is 8.92 Å². The molecule has 1 saturated carbocycles. The normalized spacial score (nSPS) is 13.6. The number of hydrogen-bond donors (Lipinski definition) is 1. The summed E-state index contributed by atoms with van der Waals surface area (Å²) in [6.45, 7) is 4.81. The summed E-state index contributed by atoms with van der Waals surface area (Å²) in [7, 11) is 0. The average Bonchev–Trinajstić information content (AvgIpc) is 3.15. The molecule has 0 saturated heterocycles. The predicted molar refractivity (Wildman–Crippen MR) is 76.1 cm³/mol. The van der Waals surface area contributed by atoms with Crippen LogP contribution in [-0.4, -0.2) is 6.61 Å². The minimum absolute atomic E-state index is 0.716. The van der Waals surface area contributed by atoms with E-state index in [2.05, 4.69) is 15.9 Å². The van der Waals surface area contributed by atoms with Crippen molar-refractivity contribution in [3.63, 3.8) is 0 Å². The highest BCUT2D eigenvalue weighted by atomic mass is 79.9. The third kappa shape index (κ3) is 5.19. The van der Waals surface area contributed by atoms with Crippen LogP contribution in [0.25, 0.3) is 0 Å². The van der Waals surface area contributed by atoms with Gasteiger partial charge in [0.2, 0.25) is 0 Å². The number of benzene rings is 1. The Morgan fingerprint density at radius 2 is 2.12 bits per heavy atom. The van der Waals surface area contributed by atoms with Crippen molar-refractivity contribution in [1.29, 1.82) is 0 Å². The molecule has 3 nitrogen and oxygen atoms in total. The van der Waals surface area contributed by atoms with Gasteiger partial charge in [-0.15, -0.1) is 0 Å². The van der Waals surface area contributed by atoms with Crippen molar-refractivity contribution in [3.8, 4) is 11.5 Å². The summed E-state index contributed by atoms with van der Waals surface area (Å²) in [5.41, 5.74) is 0. The van der Waals surface area contributed by atoms with Gasteiger partial charge in [-0.05, 0) is 52.9 Å². The van der Waals surface area contributed by atoms with Crippen LogP contribution in [0.2, 0.25) is 0 Å². The Morgan fingerprint density at radius 3 is 2.65 bits per heavy atom. The molecule has 0 bridgehead atoms. The topological polar surface area (TPSA) is 44.5 Å². The van der Waals surface area contributed by atoms with Gasteiger partial charge in [0, 0.05) is 0 Å². The molecule has 0 unspecified atom stereocenters. The molecule has 1 aromatic carbocycles. The lowest BCUT2D eigenvalue weighted by Gasteiger charge is -2.08. The molecular formula is C12H18BrNO2S. The van der Waals surface area contributed by atoms with Crippen molar-refractivity contribution in [3.05, 3.63) is 22.7 Å². The van der Waals surface area contributed by atoms with Gasteiger partial charge >= 0.3 is 0 Å². The highest BCUT2D eigenvalue weighted by Gasteiger charge is 2.22. The van der Waals surface area contributed by atoms with Gasteiger partial charge in [0.25, 0.3) is 0 Å². The molecule has 0 heterocycles. The fraction of sp³-hybridized carbons (Fsp3) is 0.500. The van der Waals surface area contributed by atoms with E-state index in [1.54, 1.807) is 0 Å². The van der Waals surface area contributed by atoms with E-state index >= 15 is 0 Å². The van der Waals surface area contributed by atoms with E-state index in [1.165, 1.54) is 12.8 Å². The Hall–Kier alpha value is -0.390. The van der Waals surface area contributed by atoms with Gasteiger partial charge in [0.05, 0.1) is 11.1 Å². The maximum absolute atomic E-state index is 5.65. The highest BCUT2D eigenvalue weighted by Crippen LogP contribution is 2.33. The summed E-state index contributed by atoms with van der Waals surface area (Å²) >= 11 is 4.27. The Kier molecular flexibility index (Phi) is 6.77. The number of nitrogens with two attached hydrogens (primary N) is 1. The largest absolute Gasteiger partial charge is 0.492 e. The van der Waals surface area contributed by atoms with Crippen molar-refractivity contribution in [2.75, 3.05) is 6.61 Å². The molecule has 0 spiro atoms.